The van der Waals surface area contributed by atoms with Crippen molar-refractivity contribution in [2.24, 2.45) is 5.73 Å². The van der Waals surface area contributed by atoms with E-state index in [0.29, 0.717) is 18.2 Å². The predicted octanol–water partition coefficient (Wildman–Crippen LogP) is 1.07. The van der Waals surface area contributed by atoms with E-state index in [2.05, 4.69) is 4.90 Å². The van der Waals surface area contributed by atoms with Crippen molar-refractivity contribution in [2.45, 2.75) is 6.92 Å². The van der Waals surface area contributed by atoms with Crippen molar-refractivity contribution in [3.05, 3.63) is 29.3 Å². The van der Waals surface area contributed by atoms with Gasteiger partial charge < -0.3 is 20.5 Å². The second kappa shape index (κ2) is 7.31. The number of anilines is 1. The van der Waals surface area contributed by atoms with Crippen LogP contribution >= 0.6 is 12.2 Å². The Hall–Kier alpha value is -1.17. The van der Waals surface area contributed by atoms with Crippen molar-refractivity contribution in [1.82, 2.24) is 0 Å². The summed E-state index contributed by atoms with van der Waals surface area (Å²) in [4.78, 5) is 2.47. The van der Waals surface area contributed by atoms with E-state index in [1.54, 1.807) is 0 Å². The third-order valence-corrected chi connectivity index (χ3v) is 2.91. The number of ether oxygens (including phenoxy) is 1. The highest BCUT2D eigenvalue weighted by molar-refractivity contribution is 7.80. The molecule has 0 amide bonds. The van der Waals surface area contributed by atoms with E-state index in [-0.39, 0.29) is 6.61 Å². The first kappa shape index (κ1) is 14.9. The lowest BCUT2D eigenvalue weighted by atomic mass is 10.1. The van der Waals surface area contributed by atoms with Gasteiger partial charge >= 0.3 is 0 Å². The first-order valence-corrected chi connectivity index (χ1v) is 6.28. The number of hydrogen-bond donors (Lipinski definition) is 2. The average molecular weight is 268 g/mol. The molecule has 100 valence electrons. The summed E-state index contributed by atoms with van der Waals surface area (Å²) in [6, 6.07) is 5.90. The molecular weight excluding hydrogens is 248 g/mol. The number of likely N-dealkylation sites (N-methyl/N-ethyl adjacent to an activating group) is 1. The topological polar surface area (TPSA) is 58.7 Å². The maximum Gasteiger partial charge on any atom is 0.106 e. The van der Waals surface area contributed by atoms with Crippen LogP contribution in [0, 0.1) is 6.92 Å². The average Bonchev–Trinajstić information content (AvgIpc) is 2.34. The smallest absolute Gasteiger partial charge is 0.106 e. The highest BCUT2D eigenvalue weighted by Gasteiger charge is 2.11. The third kappa shape index (κ3) is 3.94. The SMILES string of the molecule is Cc1cccc(C(N)=S)c1N(C)CCOCCO. The van der Waals surface area contributed by atoms with E-state index in [1.165, 1.54) is 0 Å². The molecule has 0 aromatic heterocycles. The molecule has 18 heavy (non-hydrogen) atoms. The van der Waals surface area contributed by atoms with Crippen molar-refractivity contribution in [1.29, 1.82) is 0 Å². The Bertz CT molecular complexity index is 410. The van der Waals surface area contributed by atoms with Gasteiger partial charge in [-0.3, -0.25) is 0 Å². The summed E-state index contributed by atoms with van der Waals surface area (Å²) < 4.78 is 5.26. The number of aliphatic hydroxyl groups is 1. The zero-order valence-corrected chi connectivity index (χ0v) is 11.7. The van der Waals surface area contributed by atoms with Gasteiger partial charge in [0.05, 0.1) is 19.8 Å². The summed E-state index contributed by atoms with van der Waals surface area (Å²) in [7, 11) is 1.98. The predicted molar refractivity (Wildman–Crippen MR) is 78.2 cm³/mol. The van der Waals surface area contributed by atoms with Gasteiger partial charge in [-0.05, 0) is 18.6 Å². The second-order valence-electron chi connectivity index (χ2n) is 4.09. The third-order valence-electron chi connectivity index (χ3n) is 2.69. The van der Waals surface area contributed by atoms with Crippen molar-refractivity contribution in [2.75, 3.05) is 38.3 Å². The lowest BCUT2D eigenvalue weighted by molar-refractivity contribution is 0.0971. The molecule has 0 aliphatic carbocycles. The van der Waals surface area contributed by atoms with Gasteiger partial charge in [-0.25, -0.2) is 0 Å². The maximum atomic E-state index is 8.64. The lowest BCUT2D eigenvalue weighted by Gasteiger charge is -2.24. The molecule has 1 aromatic rings. The van der Waals surface area contributed by atoms with E-state index in [4.69, 9.17) is 27.8 Å². The molecule has 0 saturated heterocycles. The molecular formula is C13H20N2O2S. The van der Waals surface area contributed by atoms with E-state index in [0.717, 1.165) is 23.4 Å². The summed E-state index contributed by atoms with van der Waals surface area (Å²) in [5.74, 6) is 0. The van der Waals surface area contributed by atoms with Crippen LogP contribution < -0.4 is 10.6 Å². The molecule has 0 atom stereocenters. The molecule has 0 heterocycles. The highest BCUT2D eigenvalue weighted by Crippen LogP contribution is 2.23. The van der Waals surface area contributed by atoms with Crippen LogP contribution in [-0.4, -0.2) is 43.5 Å². The Morgan fingerprint density at radius 1 is 1.44 bits per heavy atom. The second-order valence-corrected chi connectivity index (χ2v) is 4.53. The molecule has 0 radical (unpaired) electrons. The fourth-order valence-electron chi connectivity index (χ4n) is 1.84. The maximum absolute atomic E-state index is 8.64. The van der Waals surface area contributed by atoms with Crippen LogP contribution in [-0.2, 0) is 4.74 Å². The van der Waals surface area contributed by atoms with Gasteiger partial charge in [0, 0.05) is 24.8 Å². The molecule has 0 aliphatic rings. The van der Waals surface area contributed by atoms with Crippen molar-refractivity contribution >= 4 is 22.9 Å². The van der Waals surface area contributed by atoms with E-state index < -0.39 is 0 Å². The molecule has 3 N–H and O–H groups in total. The Kier molecular flexibility index (Phi) is 6.04. The summed E-state index contributed by atoms with van der Waals surface area (Å²) >= 11 is 5.07. The van der Waals surface area contributed by atoms with E-state index >= 15 is 0 Å². The fraction of sp³-hybridized carbons (Fsp3) is 0.462. The molecule has 0 spiro atoms. The minimum atomic E-state index is 0.0478. The van der Waals surface area contributed by atoms with Crippen molar-refractivity contribution in [3.63, 3.8) is 0 Å². The van der Waals surface area contributed by atoms with Gasteiger partial charge in [0.2, 0.25) is 0 Å². The molecule has 0 bridgehead atoms. The standard InChI is InChI=1S/C13H20N2O2S/c1-10-4-3-5-11(13(14)18)12(10)15(2)6-8-17-9-7-16/h3-5,16H,6-9H2,1-2H3,(H2,14,18). The summed E-state index contributed by atoms with van der Waals surface area (Å²) in [5, 5.41) is 8.64. The normalized spacial score (nSPS) is 10.4. The number of benzene rings is 1. The number of rotatable bonds is 7. The summed E-state index contributed by atoms with van der Waals surface area (Å²) in [6.07, 6.45) is 0. The molecule has 0 fully saturated rings. The Morgan fingerprint density at radius 2 is 2.17 bits per heavy atom. The fourth-order valence-corrected chi connectivity index (χ4v) is 2.01. The van der Waals surface area contributed by atoms with Crippen molar-refractivity contribution < 1.29 is 9.84 Å². The zero-order valence-electron chi connectivity index (χ0n) is 10.8. The lowest BCUT2D eigenvalue weighted by Crippen LogP contribution is -2.26. The number of para-hydroxylation sites is 1. The first-order valence-electron chi connectivity index (χ1n) is 5.87. The molecule has 0 unspecified atom stereocenters. The summed E-state index contributed by atoms with van der Waals surface area (Å²) in [6.45, 7) is 3.72. The van der Waals surface area contributed by atoms with Gasteiger partial charge in [0.1, 0.15) is 4.99 Å². The highest BCUT2D eigenvalue weighted by atomic mass is 32.1. The van der Waals surface area contributed by atoms with E-state index in [1.807, 2.05) is 32.2 Å². The molecule has 0 aliphatic heterocycles. The number of thiocarbonyl (C=S) groups is 1. The van der Waals surface area contributed by atoms with Crippen LogP contribution in [0.3, 0.4) is 0 Å². The molecule has 0 saturated carbocycles. The van der Waals surface area contributed by atoms with Gasteiger partial charge in [0.25, 0.3) is 0 Å². The van der Waals surface area contributed by atoms with Crippen LogP contribution in [0.2, 0.25) is 0 Å². The van der Waals surface area contributed by atoms with Crippen molar-refractivity contribution in [3.8, 4) is 0 Å². The number of hydrogen-bond acceptors (Lipinski definition) is 4. The number of nitrogens with zero attached hydrogens (tertiary/aromatic N) is 1. The molecule has 5 heteroatoms. The van der Waals surface area contributed by atoms with Gasteiger partial charge in [-0.1, -0.05) is 24.4 Å². The number of aryl methyl sites for hydroxylation is 1. The quantitative estimate of drug-likeness (QED) is 0.572. The summed E-state index contributed by atoms with van der Waals surface area (Å²) in [5.41, 5.74) is 8.79. The minimum Gasteiger partial charge on any atom is -0.394 e. The van der Waals surface area contributed by atoms with Crippen LogP contribution in [0.25, 0.3) is 0 Å². The van der Waals surface area contributed by atoms with Gasteiger partial charge in [-0.15, -0.1) is 0 Å². The van der Waals surface area contributed by atoms with E-state index in [9.17, 15) is 0 Å². The van der Waals surface area contributed by atoms with Crippen LogP contribution in [0.1, 0.15) is 11.1 Å². The number of aliphatic hydroxyl groups excluding tert-OH is 1. The van der Waals surface area contributed by atoms with Crippen LogP contribution in [0.5, 0.6) is 0 Å². The zero-order chi connectivity index (χ0) is 13.5. The molecule has 1 aromatic carbocycles. The Labute approximate surface area is 113 Å². The first-order chi connectivity index (χ1) is 8.57. The minimum absolute atomic E-state index is 0.0478. The Balaban J connectivity index is 2.77. The van der Waals surface area contributed by atoms with Crippen LogP contribution in [0.15, 0.2) is 18.2 Å². The largest absolute Gasteiger partial charge is 0.394 e. The number of nitrogens with two attached hydrogens (primary N) is 1. The van der Waals surface area contributed by atoms with Gasteiger partial charge in [-0.2, -0.15) is 0 Å². The molecule has 1 rings (SSSR count). The monoisotopic (exact) mass is 268 g/mol. The van der Waals surface area contributed by atoms with Gasteiger partial charge in [0.15, 0.2) is 0 Å². The Morgan fingerprint density at radius 3 is 2.78 bits per heavy atom. The molecule has 4 nitrogen and oxygen atoms in total. The van der Waals surface area contributed by atoms with Crippen LogP contribution in [0.4, 0.5) is 5.69 Å².